The lowest BCUT2D eigenvalue weighted by Gasteiger charge is -2.22. The zero-order valence-electron chi connectivity index (χ0n) is 22.6. The summed E-state index contributed by atoms with van der Waals surface area (Å²) in [7, 11) is 3.46. The van der Waals surface area contributed by atoms with Gasteiger partial charge in [0.25, 0.3) is 0 Å². The molecule has 2 N–H and O–H groups in total. The predicted molar refractivity (Wildman–Crippen MR) is 143 cm³/mol. The number of rotatable bonds is 8. The van der Waals surface area contributed by atoms with Gasteiger partial charge in [-0.1, -0.05) is 5.57 Å². The zero-order valence-corrected chi connectivity index (χ0v) is 23.4. The number of anilines is 1. The highest BCUT2D eigenvalue weighted by Gasteiger charge is 2.17. The van der Waals surface area contributed by atoms with Crippen LogP contribution in [0.2, 0.25) is 0 Å². The second-order valence-corrected chi connectivity index (χ2v) is 11.0. The molecule has 0 saturated carbocycles. The lowest BCUT2D eigenvalue weighted by atomic mass is 10.1. The van der Waals surface area contributed by atoms with Crippen molar-refractivity contribution < 1.29 is 19.0 Å². The van der Waals surface area contributed by atoms with E-state index in [1.165, 1.54) is 17.8 Å². The molecule has 0 amide bonds. The van der Waals surface area contributed by atoms with Gasteiger partial charge in [0.1, 0.15) is 17.0 Å². The van der Waals surface area contributed by atoms with Gasteiger partial charge >= 0.3 is 0 Å². The van der Waals surface area contributed by atoms with Gasteiger partial charge in [-0.2, -0.15) is 0 Å². The summed E-state index contributed by atoms with van der Waals surface area (Å²) in [6, 6.07) is 0. The van der Waals surface area contributed by atoms with Gasteiger partial charge in [-0.05, 0) is 54.1 Å². The molecule has 1 aromatic rings. The molecule has 2 aliphatic rings. The smallest absolute Gasteiger partial charge is 0.162 e. The van der Waals surface area contributed by atoms with Crippen molar-refractivity contribution in [2.24, 2.45) is 4.99 Å². The number of nitrogens with zero attached hydrogens (tertiary/aromatic N) is 3. The lowest BCUT2D eigenvalue weighted by molar-refractivity contribution is 0.0397. The Morgan fingerprint density at radius 3 is 2.20 bits per heavy atom. The molecule has 0 spiro atoms. The van der Waals surface area contributed by atoms with Crippen molar-refractivity contribution in [2.45, 2.75) is 53.1 Å². The molecule has 35 heavy (non-hydrogen) atoms. The number of hydrogen-bond acceptors (Lipinski definition) is 9. The minimum atomic E-state index is 0.0417. The predicted octanol–water partition coefficient (Wildman–Crippen LogP) is 2.67. The van der Waals surface area contributed by atoms with Crippen molar-refractivity contribution in [1.82, 2.24) is 9.80 Å². The Morgan fingerprint density at radius 1 is 1.06 bits per heavy atom. The third-order valence-electron chi connectivity index (χ3n) is 6.18. The maximum Gasteiger partial charge on any atom is 0.162 e. The van der Waals surface area contributed by atoms with Crippen LogP contribution in [0.1, 0.15) is 57.1 Å². The van der Waals surface area contributed by atoms with Crippen LogP contribution >= 0.6 is 11.3 Å². The fourth-order valence-corrected chi connectivity index (χ4v) is 4.88. The molecule has 1 fully saturated rings. The molecule has 1 saturated heterocycles. The van der Waals surface area contributed by atoms with E-state index < -0.39 is 0 Å². The average Bonchev–Trinajstić information content (AvgIpc) is 2.93. The van der Waals surface area contributed by atoms with Crippen molar-refractivity contribution in [3.63, 3.8) is 0 Å². The number of nitrogens with two attached hydrogens (primary N) is 1. The van der Waals surface area contributed by atoms with Crippen molar-refractivity contribution in [1.29, 1.82) is 0 Å². The van der Waals surface area contributed by atoms with E-state index in [4.69, 9.17) is 24.9 Å². The van der Waals surface area contributed by atoms with E-state index in [2.05, 4.69) is 9.80 Å². The molecule has 9 heteroatoms. The number of ether oxygens (including phenoxy) is 3. The van der Waals surface area contributed by atoms with Crippen LogP contribution in [0.15, 0.2) is 16.4 Å². The van der Waals surface area contributed by atoms with Crippen LogP contribution in [0.3, 0.4) is 0 Å². The molecule has 0 aromatic carbocycles. The molecular weight excluding hydrogens is 464 g/mol. The van der Waals surface area contributed by atoms with Crippen LogP contribution in [0.5, 0.6) is 0 Å². The van der Waals surface area contributed by atoms with Crippen molar-refractivity contribution in [3.05, 3.63) is 26.2 Å². The molecule has 0 bridgehead atoms. The van der Waals surface area contributed by atoms with E-state index in [0.717, 1.165) is 79.1 Å². The summed E-state index contributed by atoms with van der Waals surface area (Å²) in [5.41, 5.74) is 8.70. The fourth-order valence-electron chi connectivity index (χ4n) is 3.84. The summed E-state index contributed by atoms with van der Waals surface area (Å²) < 4.78 is 17.1. The fraction of sp³-hybridized carbons (Fsp3) is 0.692. The van der Waals surface area contributed by atoms with E-state index in [1.807, 2.05) is 34.6 Å². The maximum absolute atomic E-state index is 11.2. The Hall–Kier alpha value is -1.78. The van der Waals surface area contributed by atoms with Crippen LogP contribution < -0.4 is 15.6 Å². The van der Waals surface area contributed by atoms with E-state index in [1.54, 1.807) is 14.2 Å². The number of aldehydes is 1. The van der Waals surface area contributed by atoms with Crippen LogP contribution in [0.25, 0.3) is 5.57 Å². The molecule has 2 aliphatic heterocycles. The number of fused-ring (bicyclic) bond motifs is 1. The normalized spacial score (nSPS) is 17.6. The number of carbonyl (C=O) groups is 1. The van der Waals surface area contributed by atoms with Crippen molar-refractivity contribution >= 4 is 28.9 Å². The SMILES string of the molecule is COC(C)(C)C.COCCN1CCCN(CCOC2=C(C)N=c3sc(C=O)c(N)c3=C(C)C2)CC1. The van der Waals surface area contributed by atoms with E-state index in [9.17, 15) is 4.79 Å². The summed E-state index contributed by atoms with van der Waals surface area (Å²) in [5.74, 6) is 0.898. The highest BCUT2D eigenvalue weighted by atomic mass is 32.1. The maximum atomic E-state index is 11.2. The molecule has 1 aromatic heterocycles. The lowest BCUT2D eigenvalue weighted by Crippen LogP contribution is -2.34. The molecule has 3 rings (SSSR count). The first-order valence-electron chi connectivity index (χ1n) is 12.3. The molecule has 0 atom stereocenters. The van der Waals surface area contributed by atoms with Crippen LogP contribution in [-0.2, 0) is 14.2 Å². The largest absolute Gasteiger partial charge is 0.494 e. The molecule has 0 aliphatic carbocycles. The monoisotopic (exact) mass is 508 g/mol. The third kappa shape index (κ3) is 9.31. The molecule has 8 nitrogen and oxygen atoms in total. The van der Waals surface area contributed by atoms with Crippen molar-refractivity contribution in [3.8, 4) is 0 Å². The number of hydrogen-bond donors (Lipinski definition) is 1. The molecule has 198 valence electrons. The number of carbonyl (C=O) groups excluding carboxylic acids is 1. The Bertz CT molecular complexity index is 981. The van der Waals surface area contributed by atoms with Gasteiger partial charge in [-0.3, -0.25) is 14.6 Å². The van der Waals surface area contributed by atoms with Gasteiger partial charge in [0, 0.05) is 52.0 Å². The van der Waals surface area contributed by atoms with Gasteiger partial charge in [0.2, 0.25) is 0 Å². The quantitative estimate of drug-likeness (QED) is 0.540. The van der Waals surface area contributed by atoms with Gasteiger partial charge in [0.15, 0.2) is 6.29 Å². The molecular formula is C26H44N4O4S. The summed E-state index contributed by atoms with van der Waals surface area (Å²) in [6.07, 6.45) is 2.66. The summed E-state index contributed by atoms with van der Waals surface area (Å²) in [4.78, 5) is 21.4. The summed E-state index contributed by atoms with van der Waals surface area (Å²) in [6.45, 7) is 17.8. The third-order valence-corrected chi connectivity index (χ3v) is 7.20. The molecule has 3 heterocycles. The van der Waals surface area contributed by atoms with Crippen molar-refractivity contribution in [2.75, 3.05) is 72.4 Å². The minimum Gasteiger partial charge on any atom is -0.494 e. The Morgan fingerprint density at radius 2 is 1.66 bits per heavy atom. The van der Waals surface area contributed by atoms with Crippen LogP contribution in [0, 0.1) is 0 Å². The second kappa shape index (κ2) is 14.1. The zero-order chi connectivity index (χ0) is 26.0. The first-order valence-corrected chi connectivity index (χ1v) is 13.1. The highest BCUT2D eigenvalue weighted by Crippen LogP contribution is 2.21. The van der Waals surface area contributed by atoms with Gasteiger partial charge in [0.05, 0.1) is 28.5 Å². The Kier molecular flexibility index (Phi) is 11.9. The minimum absolute atomic E-state index is 0.0417. The van der Waals surface area contributed by atoms with Gasteiger partial charge < -0.3 is 19.9 Å². The number of thiophene rings is 1. The average molecular weight is 509 g/mol. The van der Waals surface area contributed by atoms with Crippen LogP contribution in [0.4, 0.5) is 5.69 Å². The molecule has 0 radical (unpaired) electrons. The standard InChI is InChI=1S/C21H32N4O3S.C5H12O/c1-15-13-17(16(2)23-21-19(15)20(22)18(14-26)29-21)28-12-10-25-6-4-5-24(7-8-25)9-11-27-3;1-5(2,3)6-4/h14H,4-13,22H2,1-3H3;1-4H3. The van der Waals surface area contributed by atoms with E-state index in [-0.39, 0.29) is 5.60 Å². The second-order valence-electron chi connectivity index (χ2n) is 9.95. The molecule has 0 unspecified atom stereocenters. The Labute approximate surface area is 214 Å². The van der Waals surface area contributed by atoms with E-state index in [0.29, 0.717) is 23.6 Å². The van der Waals surface area contributed by atoms with Gasteiger partial charge in [-0.25, -0.2) is 4.99 Å². The highest BCUT2D eigenvalue weighted by molar-refractivity contribution is 7.11. The summed E-state index contributed by atoms with van der Waals surface area (Å²) in [5, 5.41) is 0.902. The van der Waals surface area contributed by atoms with Gasteiger partial charge in [-0.15, -0.1) is 11.3 Å². The summed E-state index contributed by atoms with van der Waals surface area (Å²) >= 11 is 1.35. The first-order chi connectivity index (χ1) is 16.6. The Balaban J connectivity index is 0.000000641. The number of methoxy groups -OCH3 is 2. The number of allylic oxidation sites excluding steroid dienone is 2. The first kappa shape index (κ1) is 29.5. The van der Waals surface area contributed by atoms with Crippen LogP contribution in [-0.4, -0.2) is 88.4 Å². The topological polar surface area (TPSA) is 89.6 Å². The number of nitrogen functional groups attached to an aromatic ring is 1. The van der Waals surface area contributed by atoms with E-state index >= 15 is 0 Å².